The molecule has 0 aliphatic carbocycles. The minimum absolute atomic E-state index is 0.152. The highest BCUT2D eigenvalue weighted by Crippen LogP contribution is 2.39. The summed E-state index contributed by atoms with van der Waals surface area (Å²) in [6.07, 6.45) is 3.04. The number of Topliss-reactive ketones (excluding diaryl/α,β-unsaturated/α-hetero) is 1. The zero-order valence-electron chi connectivity index (χ0n) is 22.9. The van der Waals surface area contributed by atoms with Crippen LogP contribution in [0.25, 0.3) is 0 Å². The molecule has 0 bridgehead atoms. The molecule has 0 aromatic carbocycles. The SMILES string of the molecule is C=CCNc1cc(N2CCN(C(=O)OCC34CCCN3C(=O)C(OCC(C)C)C4=O)CC2)nc(NCC=C)n1. The Bertz CT molecular complexity index is 1060. The van der Waals surface area contributed by atoms with E-state index in [9.17, 15) is 14.4 Å². The van der Waals surface area contributed by atoms with Crippen molar-refractivity contribution in [1.82, 2.24) is 19.8 Å². The van der Waals surface area contributed by atoms with E-state index in [0.29, 0.717) is 77.0 Å². The van der Waals surface area contributed by atoms with Gasteiger partial charge >= 0.3 is 6.09 Å². The molecule has 212 valence electrons. The second-order valence-electron chi connectivity index (χ2n) is 10.4. The van der Waals surface area contributed by atoms with E-state index in [1.54, 1.807) is 22.0 Å². The number of carbonyl (C=O) groups is 3. The molecule has 1 aromatic heterocycles. The zero-order chi connectivity index (χ0) is 28.0. The first-order valence-electron chi connectivity index (χ1n) is 13.5. The number of piperazine rings is 1. The minimum Gasteiger partial charge on any atom is -0.446 e. The molecule has 2 atom stereocenters. The molecule has 12 heteroatoms. The maximum absolute atomic E-state index is 13.3. The van der Waals surface area contributed by atoms with Gasteiger partial charge in [-0.15, -0.1) is 13.2 Å². The summed E-state index contributed by atoms with van der Waals surface area (Å²) in [6.45, 7) is 15.1. The van der Waals surface area contributed by atoms with Gasteiger partial charge in [0.25, 0.3) is 5.91 Å². The van der Waals surface area contributed by atoms with E-state index in [-0.39, 0.29) is 24.2 Å². The van der Waals surface area contributed by atoms with Gasteiger partial charge in [-0.2, -0.15) is 9.97 Å². The van der Waals surface area contributed by atoms with Crippen molar-refractivity contribution in [2.24, 2.45) is 5.92 Å². The van der Waals surface area contributed by atoms with Gasteiger partial charge in [0.15, 0.2) is 11.9 Å². The Morgan fingerprint density at radius 3 is 2.54 bits per heavy atom. The molecule has 4 rings (SSSR count). The monoisotopic (exact) mass is 541 g/mol. The lowest BCUT2D eigenvalue weighted by atomic mass is 9.93. The van der Waals surface area contributed by atoms with E-state index >= 15 is 0 Å². The Morgan fingerprint density at radius 2 is 1.85 bits per heavy atom. The molecule has 0 saturated carbocycles. The molecule has 12 nitrogen and oxygen atoms in total. The van der Waals surface area contributed by atoms with Crippen LogP contribution in [0, 0.1) is 5.92 Å². The van der Waals surface area contributed by atoms with Crippen molar-refractivity contribution >= 4 is 35.4 Å². The second-order valence-corrected chi connectivity index (χ2v) is 10.4. The van der Waals surface area contributed by atoms with Crippen molar-refractivity contribution < 1.29 is 23.9 Å². The van der Waals surface area contributed by atoms with Crippen molar-refractivity contribution in [3.8, 4) is 0 Å². The average Bonchev–Trinajstić information content (AvgIpc) is 3.45. The summed E-state index contributed by atoms with van der Waals surface area (Å²) in [7, 11) is 0. The molecule has 3 fully saturated rings. The Kier molecular flexibility index (Phi) is 9.05. The van der Waals surface area contributed by atoms with Crippen molar-refractivity contribution in [2.45, 2.75) is 38.3 Å². The molecule has 0 spiro atoms. The first-order valence-corrected chi connectivity index (χ1v) is 13.5. The first kappa shape index (κ1) is 28.3. The number of fused-ring (bicyclic) bond motifs is 1. The van der Waals surface area contributed by atoms with Crippen LogP contribution in [-0.2, 0) is 19.1 Å². The topological polar surface area (TPSA) is 129 Å². The van der Waals surface area contributed by atoms with E-state index in [4.69, 9.17) is 9.47 Å². The number of nitrogens with one attached hydrogen (secondary N) is 2. The van der Waals surface area contributed by atoms with Gasteiger partial charge in [0, 0.05) is 51.9 Å². The van der Waals surface area contributed by atoms with E-state index in [0.717, 1.165) is 5.82 Å². The number of aromatic nitrogens is 2. The van der Waals surface area contributed by atoms with E-state index in [1.807, 2.05) is 19.9 Å². The normalized spacial score (nSPS) is 22.7. The van der Waals surface area contributed by atoms with Crippen LogP contribution in [0.15, 0.2) is 31.4 Å². The number of nitrogens with zero attached hydrogens (tertiary/aromatic N) is 5. The molecular weight excluding hydrogens is 502 g/mol. The third kappa shape index (κ3) is 6.16. The summed E-state index contributed by atoms with van der Waals surface area (Å²) in [4.78, 5) is 53.5. The predicted octanol–water partition coefficient (Wildman–Crippen LogP) is 1.92. The van der Waals surface area contributed by atoms with Crippen LogP contribution >= 0.6 is 0 Å². The summed E-state index contributed by atoms with van der Waals surface area (Å²) in [5.41, 5.74) is -1.12. The molecule has 39 heavy (non-hydrogen) atoms. The van der Waals surface area contributed by atoms with E-state index in [1.165, 1.54) is 0 Å². The highest BCUT2D eigenvalue weighted by molar-refractivity contribution is 6.16. The molecule has 3 saturated heterocycles. The van der Waals surface area contributed by atoms with Gasteiger partial charge < -0.3 is 34.8 Å². The van der Waals surface area contributed by atoms with Crippen LogP contribution in [0.1, 0.15) is 26.7 Å². The number of rotatable bonds is 12. The summed E-state index contributed by atoms with van der Waals surface area (Å²) in [5, 5.41) is 6.31. The quantitative estimate of drug-likeness (QED) is 0.299. The van der Waals surface area contributed by atoms with Crippen LogP contribution in [0.5, 0.6) is 0 Å². The highest BCUT2D eigenvalue weighted by atomic mass is 16.6. The lowest BCUT2D eigenvalue weighted by Gasteiger charge is -2.36. The molecule has 2 amide bonds. The molecule has 4 heterocycles. The average molecular weight is 542 g/mol. The predicted molar refractivity (Wildman–Crippen MR) is 148 cm³/mol. The number of anilines is 3. The van der Waals surface area contributed by atoms with Crippen molar-refractivity contribution in [3.63, 3.8) is 0 Å². The third-order valence-electron chi connectivity index (χ3n) is 7.11. The smallest absolute Gasteiger partial charge is 0.409 e. The zero-order valence-corrected chi connectivity index (χ0v) is 22.9. The summed E-state index contributed by atoms with van der Waals surface area (Å²) in [5.74, 6) is 1.46. The molecule has 3 aliphatic heterocycles. The van der Waals surface area contributed by atoms with Gasteiger partial charge in [-0.25, -0.2) is 4.79 Å². The van der Waals surface area contributed by atoms with Gasteiger partial charge in [-0.05, 0) is 18.8 Å². The summed E-state index contributed by atoms with van der Waals surface area (Å²) >= 11 is 0. The number of hydrogen-bond acceptors (Lipinski definition) is 10. The Labute approximate surface area is 229 Å². The number of hydrogen-bond donors (Lipinski definition) is 2. The van der Waals surface area contributed by atoms with Crippen molar-refractivity contribution in [1.29, 1.82) is 0 Å². The fraction of sp³-hybridized carbons (Fsp3) is 0.593. The van der Waals surface area contributed by atoms with E-state index in [2.05, 4.69) is 38.7 Å². The van der Waals surface area contributed by atoms with Crippen LogP contribution in [-0.4, -0.2) is 108 Å². The number of carbonyl (C=O) groups excluding carboxylic acids is 3. The molecule has 2 unspecified atom stereocenters. The van der Waals surface area contributed by atoms with E-state index < -0.39 is 17.7 Å². The Hall–Kier alpha value is -3.67. The molecule has 1 aromatic rings. The number of ketones is 1. The maximum Gasteiger partial charge on any atom is 0.409 e. The van der Waals surface area contributed by atoms with Crippen LogP contribution in [0.4, 0.5) is 22.4 Å². The fourth-order valence-electron chi connectivity index (χ4n) is 5.11. The number of ether oxygens (including phenoxy) is 2. The van der Waals surface area contributed by atoms with Gasteiger partial charge in [-0.3, -0.25) is 9.59 Å². The molecule has 2 N–H and O–H groups in total. The molecule has 3 aliphatic rings. The third-order valence-corrected chi connectivity index (χ3v) is 7.11. The largest absolute Gasteiger partial charge is 0.446 e. The lowest BCUT2D eigenvalue weighted by Crippen LogP contribution is -2.52. The summed E-state index contributed by atoms with van der Waals surface area (Å²) < 4.78 is 11.3. The standard InChI is InChI=1S/C27H39N7O5/c1-5-9-28-20-16-21(31-25(30-20)29-10-6-2)32-12-14-33(15-13-32)26(37)39-18-27-8-7-11-34(27)24(36)22(23(27)35)38-17-19(3)4/h5-6,16,19,22H,1-2,7-15,17-18H2,3-4H3,(H2,28,29,30,31). The second kappa shape index (κ2) is 12.5. The van der Waals surface area contributed by atoms with Gasteiger partial charge in [0.05, 0.1) is 6.61 Å². The molecule has 0 radical (unpaired) electrons. The summed E-state index contributed by atoms with van der Waals surface area (Å²) in [6, 6.07) is 1.87. The fourth-order valence-corrected chi connectivity index (χ4v) is 5.11. The van der Waals surface area contributed by atoms with Gasteiger partial charge in [-0.1, -0.05) is 26.0 Å². The first-order chi connectivity index (χ1) is 18.8. The Morgan fingerprint density at radius 1 is 1.13 bits per heavy atom. The van der Waals surface area contributed by atoms with Gasteiger partial charge in [0.1, 0.15) is 23.8 Å². The minimum atomic E-state index is -1.12. The van der Waals surface area contributed by atoms with Crippen LogP contribution < -0.4 is 15.5 Å². The van der Waals surface area contributed by atoms with Crippen LogP contribution in [0.2, 0.25) is 0 Å². The number of amides is 2. The Balaban J connectivity index is 1.35. The van der Waals surface area contributed by atoms with Crippen molar-refractivity contribution in [2.75, 3.05) is 74.6 Å². The van der Waals surface area contributed by atoms with Crippen LogP contribution in [0.3, 0.4) is 0 Å². The molecular formula is C27H39N7O5. The highest BCUT2D eigenvalue weighted by Gasteiger charge is 2.61. The van der Waals surface area contributed by atoms with Gasteiger partial charge in [0.2, 0.25) is 5.95 Å². The lowest BCUT2D eigenvalue weighted by molar-refractivity contribution is -0.141. The maximum atomic E-state index is 13.3. The van der Waals surface area contributed by atoms with Crippen molar-refractivity contribution in [3.05, 3.63) is 31.4 Å².